The summed E-state index contributed by atoms with van der Waals surface area (Å²) in [5.41, 5.74) is 3.30. The molecule has 2 heterocycles. The number of allylic oxidation sites excluding steroid dienone is 1. The first-order valence-electron chi connectivity index (χ1n) is 9.10. The first-order chi connectivity index (χ1) is 11.3. The summed E-state index contributed by atoms with van der Waals surface area (Å²) in [6.45, 7) is 9.98. The molecule has 0 amide bonds. The molecule has 2 saturated heterocycles. The Bertz CT molecular complexity index is 569. The number of hydrogen-bond donors (Lipinski definition) is 0. The molecular formula is C20H28N2O. The molecule has 2 aliphatic heterocycles. The van der Waals surface area contributed by atoms with Crippen LogP contribution in [0.15, 0.2) is 30.3 Å². The minimum atomic E-state index is 0.315. The van der Waals surface area contributed by atoms with Crippen molar-refractivity contribution in [2.45, 2.75) is 31.2 Å². The zero-order chi connectivity index (χ0) is 15.7. The van der Waals surface area contributed by atoms with Gasteiger partial charge in [-0.25, -0.2) is 0 Å². The highest BCUT2D eigenvalue weighted by molar-refractivity contribution is 5.65. The van der Waals surface area contributed by atoms with Gasteiger partial charge in [-0.05, 0) is 44.0 Å². The maximum Gasteiger partial charge on any atom is 0.0594 e. The van der Waals surface area contributed by atoms with Crippen LogP contribution in [0.3, 0.4) is 0 Å². The third-order valence-corrected chi connectivity index (χ3v) is 6.02. The highest BCUT2D eigenvalue weighted by Crippen LogP contribution is 2.43. The van der Waals surface area contributed by atoms with E-state index in [9.17, 15) is 0 Å². The summed E-state index contributed by atoms with van der Waals surface area (Å²) >= 11 is 0. The molecule has 3 heteroatoms. The molecular weight excluding hydrogens is 284 g/mol. The van der Waals surface area contributed by atoms with E-state index in [2.05, 4.69) is 53.1 Å². The van der Waals surface area contributed by atoms with Crippen molar-refractivity contribution in [1.82, 2.24) is 9.80 Å². The van der Waals surface area contributed by atoms with Gasteiger partial charge in [0.15, 0.2) is 0 Å². The molecule has 0 radical (unpaired) electrons. The van der Waals surface area contributed by atoms with E-state index in [1.54, 1.807) is 5.56 Å². The van der Waals surface area contributed by atoms with E-state index in [1.165, 1.54) is 38.0 Å². The maximum atomic E-state index is 5.47. The number of benzene rings is 1. The quantitative estimate of drug-likeness (QED) is 0.853. The summed E-state index contributed by atoms with van der Waals surface area (Å²) in [6, 6.07) is 9.58. The zero-order valence-corrected chi connectivity index (χ0v) is 14.2. The van der Waals surface area contributed by atoms with Crippen LogP contribution in [0.1, 0.15) is 30.9 Å². The van der Waals surface area contributed by atoms with E-state index in [-0.39, 0.29) is 0 Å². The second-order valence-corrected chi connectivity index (χ2v) is 7.37. The van der Waals surface area contributed by atoms with Crippen molar-refractivity contribution < 1.29 is 4.74 Å². The van der Waals surface area contributed by atoms with Crippen molar-refractivity contribution >= 4 is 6.08 Å². The minimum Gasteiger partial charge on any atom is -0.379 e. The molecule has 0 bridgehead atoms. The number of likely N-dealkylation sites (tertiary alicyclic amines) is 1. The molecule has 4 rings (SSSR count). The van der Waals surface area contributed by atoms with Crippen LogP contribution in [0, 0.1) is 0 Å². The summed E-state index contributed by atoms with van der Waals surface area (Å²) in [5.74, 6) is 0. The maximum absolute atomic E-state index is 5.47. The zero-order valence-electron chi connectivity index (χ0n) is 14.2. The minimum absolute atomic E-state index is 0.315. The second-order valence-electron chi connectivity index (χ2n) is 7.37. The summed E-state index contributed by atoms with van der Waals surface area (Å²) in [6.07, 6.45) is 7.33. The highest BCUT2D eigenvalue weighted by atomic mass is 16.5. The number of ether oxygens (including phenoxy) is 1. The standard InChI is InChI=1S/C20H28N2O/c1-17(22-12-14-23-15-13-22)16-21-10-8-20(9-11-21)7-6-18-4-2-3-5-19(18)20/h2-7,17H,8-16H2,1H3/t17-/m0/s1. The van der Waals surface area contributed by atoms with Crippen molar-refractivity contribution in [3.8, 4) is 0 Å². The molecule has 0 N–H and O–H groups in total. The van der Waals surface area contributed by atoms with E-state index in [4.69, 9.17) is 4.74 Å². The molecule has 1 aliphatic carbocycles. The van der Waals surface area contributed by atoms with Gasteiger partial charge in [0.1, 0.15) is 0 Å². The van der Waals surface area contributed by atoms with Crippen molar-refractivity contribution in [3.05, 3.63) is 41.5 Å². The van der Waals surface area contributed by atoms with Gasteiger partial charge in [0.05, 0.1) is 13.2 Å². The first kappa shape index (κ1) is 15.4. The molecule has 1 aromatic carbocycles. The number of nitrogens with zero attached hydrogens (tertiary/aromatic N) is 2. The average molecular weight is 312 g/mol. The number of fused-ring (bicyclic) bond motifs is 2. The van der Waals surface area contributed by atoms with Gasteiger partial charge in [-0.2, -0.15) is 0 Å². The van der Waals surface area contributed by atoms with Crippen LogP contribution in [-0.2, 0) is 10.2 Å². The van der Waals surface area contributed by atoms with Gasteiger partial charge >= 0.3 is 0 Å². The molecule has 1 spiro atoms. The van der Waals surface area contributed by atoms with Gasteiger partial charge in [-0.15, -0.1) is 0 Å². The Labute approximate surface area is 139 Å². The molecule has 124 valence electrons. The summed E-state index contributed by atoms with van der Waals surface area (Å²) < 4.78 is 5.47. The van der Waals surface area contributed by atoms with Gasteiger partial charge in [-0.3, -0.25) is 4.90 Å². The van der Waals surface area contributed by atoms with Gasteiger partial charge in [0.2, 0.25) is 0 Å². The van der Waals surface area contributed by atoms with Crippen molar-refractivity contribution in [2.75, 3.05) is 45.9 Å². The van der Waals surface area contributed by atoms with Crippen LogP contribution >= 0.6 is 0 Å². The molecule has 0 unspecified atom stereocenters. The molecule has 0 aromatic heterocycles. The largest absolute Gasteiger partial charge is 0.379 e. The molecule has 23 heavy (non-hydrogen) atoms. The lowest BCUT2D eigenvalue weighted by atomic mass is 9.74. The second kappa shape index (κ2) is 6.39. The van der Waals surface area contributed by atoms with Crippen LogP contribution < -0.4 is 0 Å². The Morgan fingerprint density at radius 2 is 1.83 bits per heavy atom. The van der Waals surface area contributed by atoms with Crippen molar-refractivity contribution in [2.24, 2.45) is 0 Å². The smallest absolute Gasteiger partial charge is 0.0594 e. The fourth-order valence-electron chi connectivity index (χ4n) is 4.51. The number of morpholine rings is 1. The lowest BCUT2D eigenvalue weighted by molar-refractivity contribution is 0.00986. The van der Waals surface area contributed by atoms with Gasteiger partial charge in [0.25, 0.3) is 0 Å². The number of rotatable bonds is 3. The predicted molar refractivity (Wildman–Crippen MR) is 94.7 cm³/mol. The molecule has 2 fully saturated rings. The molecule has 1 aromatic rings. The Kier molecular flexibility index (Phi) is 4.27. The molecule has 3 aliphatic rings. The van der Waals surface area contributed by atoms with E-state index in [0.717, 1.165) is 26.3 Å². The Morgan fingerprint density at radius 1 is 1.09 bits per heavy atom. The van der Waals surface area contributed by atoms with Crippen LogP contribution in [0.25, 0.3) is 6.08 Å². The van der Waals surface area contributed by atoms with Crippen LogP contribution in [0.4, 0.5) is 0 Å². The number of hydrogen-bond acceptors (Lipinski definition) is 3. The predicted octanol–water partition coefficient (Wildman–Crippen LogP) is 2.77. The fourth-order valence-corrected chi connectivity index (χ4v) is 4.51. The van der Waals surface area contributed by atoms with E-state index in [1.807, 2.05) is 0 Å². The Balaban J connectivity index is 1.36. The van der Waals surface area contributed by atoms with Crippen LogP contribution in [-0.4, -0.2) is 61.8 Å². The van der Waals surface area contributed by atoms with Crippen LogP contribution in [0.5, 0.6) is 0 Å². The summed E-state index contributed by atoms with van der Waals surface area (Å²) in [7, 11) is 0. The third-order valence-electron chi connectivity index (χ3n) is 6.02. The Morgan fingerprint density at radius 3 is 2.61 bits per heavy atom. The van der Waals surface area contributed by atoms with Crippen molar-refractivity contribution in [1.29, 1.82) is 0 Å². The lowest BCUT2D eigenvalue weighted by Gasteiger charge is -2.42. The first-order valence-corrected chi connectivity index (χ1v) is 9.10. The molecule has 1 atom stereocenters. The van der Waals surface area contributed by atoms with E-state index >= 15 is 0 Å². The highest BCUT2D eigenvalue weighted by Gasteiger charge is 2.38. The third kappa shape index (κ3) is 2.98. The Hall–Kier alpha value is -1.16. The lowest BCUT2D eigenvalue weighted by Crippen LogP contribution is -2.50. The SMILES string of the molecule is C[C@@H](CN1CCC2(C=Cc3ccccc32)CC1)N1CCOCC1. The van der Waals surface area contributed by atoms with Crippen LogP contribution in [0.2, 0.25) is 0 Å². The molecule has 3 nitrogen and oxygen atoms in total. The van der Waals surface area contributed by atoms with E-state index < -0.39 is 0 Å². The van der Waals surface area contributed by atoms with Gasteiger partial charge in [0, 0.05) is 31.1 Å². The number of piperidine rings is 1. The van der Waals surface area contributed by atoms with Crippen molar-refractivity contribution in [3.63, 3.8) is 0 Å². The molecule has 0 saturated carbocycles. The van der Waals surface area contributed by atoms with Gasteiger partial charge in [-0.1, -0.05) is 36.4 Å². The topological polar surface area (TPSA) is 15.7 Å². The normalized spacial score (nSPS) is 25.6. The monoisotopic (exact) mass is 312 g/mol. The summed E-state index contributed by atoms with van der Waals surface area (Å²) in [4.78, 5) is 5.25. The summed E-state index contributed by atoms with van der Waals surface area (Å²) in [5, 5.41) is 0. The van der Waals surface area contributed by atoms with Gasteiger partial charge < -0.3 is 9.64 Å². The van der Waals surface area contributed by atoms with E-state index in [0.29, 0.717) is 11.5 Å². The fraction of sp³-hybridized carbons (Fsp3) is 0.600. The average Bonchev–Trinajstić information content (AvgIpc) is 2.97.